The fraction of sp³-hybridized carbons (Fsp3) is 0.444. The lowest BCUT2D eigenvalue weighted by atomic mass is 9.87. The average Bonchev–Trinajstić information content (AvgIpc) is 2.59. The largest absolute Gasteiger partial charge is 0.465 e. The molecule has 2 amide bonds. The molecule has 2 heterocycles. The second-order valence-corrected chi connectivity index (χ2v) is 6.16. The van der Waals surface area contributed by atoms with Crippen LogP contribution in [0.15, 0.2) is 12.1 Å². The summed E-state index contributed by atoms with van der Waals surface area (Å²) < 4.78 is 9.90. The minimum atomic E-state index is -0.903. The highest BCUT2D eigenvalue weighted by molar-refractivity contribution is 6.09. The number of hydrogen-bond acceptors (Lipinski definition) is 6. The molecule has 0 radical (unpaired) electrons. The zero-order chi connectivity index (χ0) is 18.8. The number of rotatable bonds is 4. The first-order valence-corrected chi connectivity index (χ1v) is 8.55. The Morgan fingerprint density at radius 2 is 1.31 bits per heavy atom. The van der Waals surface area contributed by atoms with E-state index >= 15 is 0 Å². The Bertz CT molecular complexity index is 727. The van der Waals surface area contributed by atoms with E-state index in [1.54, 1.807) is 19.9 Å². The SMILES string of the molecule is CCOC(=O)[C@@H]1Cc2cc3c(cc2NC1=O)NC(=O)[C@@H](C(=O)OCC)C3. The van der Waals surface area contributed by atoms with Crippen molar-refractivity contribution in [1.29, 1.82) is 0 Å². The van der Waals surface area contributed by atoms with Gasteiger partial charge < -0.3 is 20.1 Å². The van der Waals surface area contributed by atoms with Crippen molar-refractivity contribution in [3.63, 3.8) is 0 Å². The van der Waals surface area contributed by atoms with Crippen molar-refractivity contribution in [3.05, 3.63) is 23.3 Å². The van der Waals surface area contributed by atoms with Gasteiger partial charge >= 0.3 is 11.9 Å². The van der Waals surface area contributed by atoms with Crippen molar-refractivity contribution >= 4 is 35.1 Å². The van der Waals surface area contributed by atoms with E-state index in [1.165, 1.54) is 0 Å². The number of fused-ring (bicyclic) bond motifs is 2. The van der Waals surface area contributed by atoms with Crippen molar-refractivity contribution in [2.75, 3.05) is 23.8 Å². The summed E-state index contributed by atoms with van der Waals surface area (Å²) in [4.78, 5) is 48.2. The van der Waals surface area contributed by atoms with Gasteiger partial charge in [-0.15, -0.1) is 0 Å². The Labute approximate surface area is 150 Å². The van der Waals surface area contributed by atoms with Gasteiger partial charge in [-0.1, -0.05) is 6.07 Å². The van der Waals surface area contributed by atoms with Crippen molar-refractivity contribution in [2.24, 2.45) is 11.8 Å². The lowest BCUT2D eigenvalue weighted by molar-refractivity contribution is -0.152. The topological polar surface area (TPSA) is 111 Å². The number of hydrogen-bond donors (Lipinski definition) is 2. The zero-order valence-corrected chi connectivity index (χ0v) is 14.6. The van der Waals surface area contributed by atoms with Gasteiger partial charge in [-0.05, 0) is 43.9 Å². The minimum Gasteiger partial charge on any atom is -0.465 e. The van der Waals surface area contributed by atoms with Crippen LogP contribution in [0.4, 0.5) is 11.4 Å². The molecule has 8 nitrogen and oxygen atoms in total. The molecule has 0 fully saturated rings. The lowest BCUT2D eigenvalue weighted by Gasteiger charge is -2.28. The predicted molar refractivity (Wildman–Crippen MR) is 91.4 cm³/mol. The van der Waals surface area contributed by atoms with Gasteiger partial charge in [-0.3, -0.25) is 19.2 Å². The van der Waals surface area contributed by atoms with Crippen molar-refractivity contribution < 1.29 is 28.7 Å². The molecular weight excluding hydrogens is 340 g/mol. The third-order valence-corrected chi connectivity index (χ3v) is 4.47. The molecule has 0 bridgehead atoms. The van der Waals surface area contributed by atoms with Gasteiger partial charge in [0.1, 0.15) is 11.8 Å². The van der Waals surface area contributed by atoms with Crippen molar-refractivity contribution in [2.45, 2.75) is 26.7 Å². The second kappa shape index (κ2) is 7.15. The maximum Gasteiger partial charge on any atom is 0.318 e. The Morgan fingerprint density at radius 1 is 0.885 bits per heavy atom. The van der Waals surface area contributed by atoms with E-state index in [0.29, 0.717) is 11.4 Å². The number of benzene rings is 1. The molecule has 0 saturated heterocycles. The molecule has 2 atom stereocenters. The van der Waals surface area contributed by atoms with E-state index in [0.717, 1.165) is 11.1 Å². The second-order valence-electron chi connectivity index (χ2n) is 6.16. The van der Waals surface area contributed by atoms with Gasteiger partial charge in [0.25, 0.3) is 0 Å². The van der Waals surface area contributed by atoms with Crippen LogP contribution in [0.3, 0.4) is 0 Å². The maximum atomic E-state index is 12.2. The first-order valence-electron chi connectivity index (χ1n) is 8.55. The van der Waals surface area contributed by atoms with Crippen LogP contribution in [0, 0.1) is 11.8 Å². The third kappa shape index (κ3) is 3.26. The number of amides is 2. The summed E-state index contributed by atoms with van der Waals surface area (Å²) in [6, 6.07) is 3.46. The summed E-state index contributed by atoms with van der Waals surface area (Å²) in [6.45, 7) is 3.77. The number of carbonyl (C=O) groups excluding carboxylic acids is 4. The van der Waals surface area contributed by atoms with Gasteiger partial charge in [0.2, 0.25) is 11.8 Å². The molecule has 8 heteroatoms. The number of ether oxygens (including phenoxy) is 2. The first-order chi connectivity index (χ1) is 12.4. The van der Waals surface area contributed by atoms with Crippen LogP contribution in [0.1, 0.15) is 25.0 Å². The molecule has 0 aliphatic carbocycles. The average molecular weight is 360 g/mol. The van der Waals surface area contributed by atoms with E-state index in [2.05, 4.69) is 10.6 Å². The first kappa shape index (κ1) is 17.9. The van der Waals surface area contributed by atoms with E-state index < -0.39 is 35.6 Å². The molecule has 0 aromatic heterocycles. The van der Waals surface area contributed by atoms with E-state index in [4.69, 9.17) is 9.47 Å². The highest BCUT2D eigenvalue weighted by Gasteiger charge is 2.37. The Hall–Kier alpha value is -2.90. The van der Waals surface area contributed by atoms with Crippen LogP contribution in [0.2, 0.25) is 0 Å². The number of nitrogens with one attached hydrogen (secondary N) is 2. The molecule has 3 rings (SSSR count). The summed E-state index contributed by atoms with van der Waals surface area (Å²) in [5, 5.41) is 5.37. The summed E-state index contributed by atoms with van der Waals surface area (Å²) in [7, 11) is 0. The fourth-order valence-corrected chi connectivity index (χ4v) is 3.20. The smallest absolute Gasteiger partial charge is 0.318 e. The zero-order valence-electron chi connectivity index (χ0n) is 14.6. The van der Waals surface area contributed by atoms with E-state index in [1.807, 2.05) is 6.07 Å². The van der Waals surface area contributed by atoms with Gasteiger partial charge in [0, 0.05) is 11.4 Å². The predicted octanol–water partition coefficient (Wildman–Crippen LogP) is 1.03. The molecule has 0 unspecified atom stereocenters. The molecule has 0 saturated carbocycles. The molecule has 2 N–H and O–H groups in total. The molecule has 2 aliphatic rings. The summed E-state index contributed by atoms with van der Waals surface area (Å²) in [5.41, 5.74) is 2.62. The van der Waals surface area contributed by atoms with Gasteiger partial charge in [-0.2, -0.15) is 0 Å². The fourth-order valence-electron chi connectivity index (χ4n) is 3.20. The molecule has 1 aromatic carbocycles. The van der Waals surface area contributed by atoms with Gasteiger partial charge in [0.15, 0.2) is 0 Å². The van der Waals surface area contributed by atoms with Gasteiger partial charge in [-0.25, -0.2) is 0 Å². The lowest BCUT2D eigenvalue weighted by Crippen LogP contribution is -2.38. The Morgan fingerprint density at radius 3 is 1.69 bits per heavy atom. The summed E-state index contributed by atoms with van der Waals surface area (Å²) in [5.74, 6) is -3.79. The molecule has 138 valence electrons. The minimum absolute atomic E-state index is 0.201. The maximum absolute atomic E-state index is 12.2. The highest BCUT2D eigenvalue weighted by Crippen LogP contribution is 2.35. The van der Waals surface area contributed by atoms with Crippen LogP contribution >= 0.6 is 0 Å². The molecule has 0 spiro atoms. The number of carbonyl (C=O) groups is 4. The van der Waals surface area contributed by atoms with Crippen LogP contribution in [-0.4, -0.2) is 37.0 Å². The monoisotopic (exact) mass is 360 g/mol. The normalized spacial score (nSPS) is 21.0. The molecule has 2 aliphatic heterocycles. The Kier molecular flexibility index (Phi) is 4.92. The van der Waals surface area contributed by atoms with Crippen LogP contribution in [0.5, 0.6) is 0 Å². The van der Waals surface area contributed by atoms with Crippen LogP contribution < -0.4 is 10.6 Å². The standard InChI is InChI=1S/C18H20N2O6/c1-3-25-17(23)11-6-9-5-10-7-12(18(24)26-4-2)16(22)20-14(10)8-13(9)19-15(11)21/h5,8,11-12H,3-4,6-7H2,1-2H3,(H,19,21)(H,20,22)/t11-,12+. The summed E-state index contributed by atoms with van der Waals surface area (Å²) >= 11 is 0. The molecule has 26 heavy (non-hydrogen) atoms. The highest BCUT2D eigenvalue weighted by atomic mass is 16.5. The third-order valence-electron chi connectivity index (χ3n) is 4.47. The molecule has 1 aromatic rings. The van der Waals surface area contributed by atoms with Crippen LogP contribution in [-0.2, 0) is 41.5 Å². The summed E-state index contributed by atoms with van der Waals surface area (Å²) in [6.07, 6.45) is 0.427. The van der Waals surface area contributed by atoms with Crippen molar-refractivity contribution in [1.82, 2.24) is 0 Å². The Balaban J connectivity index is 1.87. The van der Waals surface area contributed by atoms with E-state index in [9.17, 15) is 19.2 Å². The van der Waals surface area contributed by atoms with Gasteiger partial charge in [0.05, 0.1) is 13.2 Å². The molecular formula is C18H20N2O6. The van der Waals surface area contributed by atoms with Crippen LogP contribution in [0.25, 0.3) is 0 Å². The quantitative estimate of drug-likeness (QED) is 0.613. The number of esters is 2. The number of anilines is 2. The van der Waals surface area contributed by atoms with E-state index in [-0.39, 0.29) is 26.1 Å². The van der Waals surface area contributed by atoms with Crippen molar-refractivity contribution in [3.8, 4) is 0 Å².